The van der Waals surface area contributed by atoms with E-state index in [4.69, 9.17) is 4.74 Å². The van der Waals surface area contributed by atoms with Crippen molar-refractivity contribution in [3.05, 3.63) is 42.0 Å². The lowest BCUT2D eigenvalue weighted by molar-refractivity contribution is 0.328. The normalized spacial score (nSPS) is 34.8. The van der Waals surface area contributed by atoms with Crippen molar-refractivity contribution in [1.82, 2.24) is 0 Å². The summed E-state index contributed by atoms with van der Waals surface area (Å²) in [6, 6.07) is 9.90. The minimum atomic E-state index is -0.935. The zero-order valence-corrected chi connectivity index (χ0v) is 14.6. The van der Waals surface area contributed by atoms with Crippen LogP contribution in [0.2, 0.25) is 0 Å². The highest BCUT2D eigenvalue weighted by Gasteiger charge is 2.55. The van der Waals surface area contributed by atoms with Crippen LogP contribution in [0.25, 0.3) is 0 Å². The molecule has 0 radical (unpaired) electrons. The van der Waals surface area contributed by atoms with Gasteiger partial charge in [0.1, 0.15) is 5.60 Å². The second-order valence-electron chi connectivity index (χ2n) is 7.02. The van der Waals surface area contributed by atoms with Crippen LogP contribution in [0.4, 0.5) is 0 Å². The Morgan fingerprint density at radius 2 is 2.00 bits per heavy atom. The highest BCUT2D eigenvalue weighted by atomic mass is 32.2. The Bertz CT molecular complexity index is 578. The summed E-state index contributed by atoms with van der Waals surface area (Å²) in [7, 11) is -0.935. The van der Waals surface area contributed by atoms with Crippen LogP contribution in [0.5, 0.6) is 0 Å². The molecule has 1 heterocycles. The van der Waals surface area contributed by atoms with E-state index in [2.05, 4.69) is 26.8 Å². The first-order chi connectivity index (χ1) is 10.5. The molecule has 2 fully saturated rings. The summed E-state index contributed by atoms with van der Waals surface area (Å²) in [5, 5.41) is 0.203. The van der Waals surface area contributed by atoms with Crippen molar-refractivity contribution >= 4 is 10.8 Å². The summed E-state index contributed by atoms with van der Waals surface area (Å²) in [5.74, 6) is 0.502. The van der Waals surface area contributed by atoms with Crippen molar-refractivity contribution in [1.29, 1.82) is 0 Å². The van der Waals surface area contributed by atoms with Crippen LogP contribution in [-0.2, 0) is 15.5 Å². The van der Waals surface area contributed by atoms with Gasteiger partial charge in [0.25, 0.3) is 0 Å². The topological polar surface area (TPSA) is 29.6 Å². The van der Waals surface area contributed by atoms with Crippen molar-refractivity contribution in [3.63, 3.8) is 0 Å². The number of ether oxygens (including phenoxy) is 1. The third kappa shape index (κ3) is 3.21. The molecule has 0 spiro atoms. The van der Waals surface area contributed by atoms with Crippen LogP contribution >= 0.6 is 0 Å². The minimum absolute atomic E-state index is 0.0934. The second kappa shape index (κ2) is 6.29. The van der Waals surface area contributed by atoms with E-state index in [-0.39, 0.29) is 10.9 Å². The van der Waals surface area contributed by atoms with Gasteiger partial charge in [-0.05, 0) is 56.2 Å². The summed E-state index contributed by atoms with van der Waals surface area (Å²) >= 11 is 0. The summed E-state index contributed by atoms with van der Waals surface area (Å²) < 4.78 is 19.0. The molecule has 2 nitrogen and oxygen atoms in total. The van der Waals surface area contributed by atoms with Gasteiger partial charge in [-0.3, -0.25) is 4.21 Å². The monoisotopic (exact) mass is 318 g/mol. The maximum atomic E-state index is 13.0. The Kier molecular flexibility index (Phi) is 4.56. The van der Waals surface area contributed by atoms with Crippen LogP contribution in [0.15, 0.2) is 46.9 Å². The lowest BCUT2D eigenvalue weighted by atomic mass is 9.86. The lowest BCUT2D eigenvalue weighted by Crippen LogP contribution is -2.25. The van der Waals surface area contributed by atoms with Gasteiger partial charge < -0.3 is 4.74 Å². The van der Waals surface area contributed by atoms with Crippen molar-refractivity contribution in [3.8, 4) is 0 Å². The first-order valence-electron chi connectivity index (χ1n) is 8.35. The molecule has 0 bridgehead atoms. The van der Waals surface area contributed by atoms with Crippen LogP contribution in [-0.4, -0.2) is 21.2 Å². The Morgan fingerprint density at radius 1 is 1.27 bits per heavy atom. The number of hydrogen-bond acceptors (Lipinski definition) is 2. The Labute approximate surface area is 136 Å². The molecule has 22 heavy (non-hydrogen) atoms. The maximum absolute atomic E-state index is 13.0. The number of fused-ring (bicyclic) bond motifs is 1. The van der Waals surface area contributed by atoms with Gasteiger partial charge in [0, 0.05) is 10.1 Å². The van der Waals surface area contributed by atoms with Gasteiger partial charge in [-0.15, -0.1) is 0 Å². The zero-order valence-electron chi connectivity index (χ0n) is 13.7. The molecule has 1 aromatic carbocycles. The molecule has 120 valence electrons. The summed E-state index contributed by atoms with van der Waals surface area (Å²) in [5.41, 5.74) is 1.27. The molecule has 1 unspecified atom stereocenters. The van der Waals surface area contributed by atoms with E-state index in [0.717, 1.165) is 30.6 Å². The van der Waals surface area contributed by atoms with Gasteiger partial charge in [-0.1, -0.05) is 38.1 Å². The van der Waals surface area contributed by atoms with E-state index < -0.39 is 10.8 Å². The van der Waals surface area contributed by atoms with Gasteiger partial charge in [-0.2, -0.15) is 0 Å². The zero-order chi connectivity index (χ0) is 15.7. The Hall–Kier alpha value is -0.930. The first kappa shape index (κ1) is 15.9. The largest absolute Gasteiger partial charge is 0.362 e. The van der Waals surface area contributed by atoms with Gasteiger partial charge in [-0.25, -0.2) is 0 Å². The number of allylic oxidation sites excluding steroid dienone is 1. The molecule has 1 aromatic rings. The second-order valence-corrected chi connectivity index (χ2v) is 8.75. The molecule has 0 N–H and O–H groups in total. The van der Waals surface area contributed by atoms with E-state index in [1.165, 1.54) is 5.57 Å². The van der Waals surface area contributed by atoms with Crippen molar-refractivity contribution in [2.45, 2.75) is 68.3 Å². The summed E-state index contributed by atoms with van der Waals surface area (Å²) in [4.78, 5) is 0.954. The van der Waals surface area contributed by atoms with Crippen LogP contribution < -0.4 is 0 Å². The predicted octanol–water partition coefficient (Wildman–Crippen LogP) is 4.48. The molecule has 0 amide bonds. The molecule has 0 aromatic heterocycles. The van der Waals surface area contributed by atoms with E-state index in [0.29, 0.717) is 12.0 Å². The smallest absolute Gasteiger partial charge is 0.113 e. The Morgan fingerprint density at radius 3 is 2.68 bits per heavy atom. The highest BCUT2D eigenvalue weighted by Crippen LogP contribution is 2.49. The van der Waals surface area contributed by atoms with Gasteiger partial charge >= 0.3 is 0 Å². The van der Waals surface area contributed by atoms with Gasteiger partial charge in [0.15, 0.2) is 0 Å². The molecule has 4 atom stereocenters. The lowest BCUT2D eigenvalue weighted by Gasteiger charge is -2.24. The average molecular weight is 318 g/mol. The molecule has 1 aliphatic heterocycles. The molecular formula is C19H26O2S. The SMILES string of the molecule is CC(C)/C=C1\C[C@H](S(=O)c2ccccc2)CCC[C@H]2O[C@@]12C. The number of rotatable bonds is 3. The quantitative estimate of drug-likeness (QED) is 0.607. The van der Waals surface area contributed by atoms with Gasteiger partial charge in [0.05, 0.1) is 16.9 Å². The standard InChI is InChI=1S/C19H26O2S/c1-14(2)12-15-13-17(10-7-11-18-19(15,3)21-18)22(20)16-8-5-4-6-9-16/h4-6,8-9,12,14,17-18H,7,10-11,13H2,1-3H3/b15-12+/t17-,18-,19+,22?/m1/s1. The molecule has 1 aliphatic carbocycles. The molecule has 3 heteroatoms. The fourth-order valence-electron chi connectivity index (χ4n) is 3.52. The third-order valence-corrected chi connectivity index (χ3v) is 6.58. The summed E-state index contributed by atoms with van der Waals surface area (Å²) in [6.45, 7) is 6.62. The third-order valence-electron chi connectivity index (χ3n) is 4.83. The average Bonchev–Trinajstić information content (AvgIpc) is 3.14. The van der Waals surface area contributed by atoms with Crippen molar-refractivity contribution in [2.24, 2.45) is 5.92 Å². The molecule has 1 saturated carbocycles. The van der Waals surface area contributed by atoms with E-state index in [9.17, 15) is 4.21 Å². The molecule has 2 aliphatic rings. The van der Waals surface area contributed by atoms with Crippen LogP contribution in [0, 0.1) is 5.92 Å². The predicted molar refractivity (Wildman–Crippen MR) is 91.3 cm³/mol. The molecular weight excluding hydrogens is 292 g/mol. The van der Waals surface area contributed by atoms with Crippen molar-refractivity contribution < 1.29 is 8.95 Å². The highest BCUT2D eigenvalue weighted by molar-refractivity contribution is 7.85. The number of hydrogen-bond donors (Lipinski definition) is 0. The number of benzene rings is 1. The summed E-state index contributed by atoms with van der Waals surface area (Å²) in [6.07, 6.45) is 6.83. The van der Waals surface area contributed by atoms with Crippen LogP contribution in [0.1, 0.15) is 46.5 Å². The van der Waals surface area contributed by atoms with E-state index >= 15 is 0 Å². The van der Waals surface area contributed by atoms with Crippen LogP contribution in [0.3, 0.4) is 0 Å². The molecule has 1 saturated heterocycles. The van der Waals surface area contributed by atoms with Crippen molar-refractivity contribution in [2.75, 3.05) is 0 Å². The fraction of sp³-hybridized carbons (Fsp3) is 0.579. The fourth-order valence-corrected chi connectivity index (χ4v) is 5.05. The van der Waals surface area contributed by atoms with E-state index in [1.54, 1.807) is 0 Å². The minimum Gasteiger partial charge on any atom is -0.362 e. The maximum Gasteiger partial charge on any atom is 0.113 e. The van der Waals surface area contributed by atoms with E-state index in [1.807, 2.05) is 30.3 Å². The first-order valence-corrected chi connectivity index (χ1v) is 9.56. The van der Waals surface area contributed by atoms with Gasteiger partial charge in [0.2, 0.25) is 0 Å². The number of epoxide rings is 1. The molecule has 3 rings (SSSR count). The Balaban J connectivity index is 1.84.